The van der Waals surface area contributed by atoms with E-state index in [1.165, 1.54) is 5.57 Å². The molecule has 6 rings (SSSR count). The highest BCUT2D eigenvalue weighted by Gasteiger charge is 2.60. The Morgan fingerprint density at radius 3 is 2.67 bits per heavy atom. The van der Waals surface area contributed by atoms with E-state index >= 15 is 0 Å². The number of ketones is 1. The van der Waals surface area contributed by atoms with Crippen molar-refractivity contribution < 1.29 is 23.9 Å². The Morgan fingerprint density at radius 1 is 1.02 bits per heavy atom. The van der Waals surface area contributed by atoms with Crippen LogP contribution in [0.15, 0.2) is 42.1 Å². The number of carbonyl (C=O) groups is 3. The molecule has 0 aliphatic heterocycles. The number of hydrogen-bond acceptors (Lipinski definition) is 8. The summed E-state index contributed by atoms with van der Waals surface area (Å²) in [5.41, 5.74) is 3.50. The van der Waals surface area contributed by atoms with Crippen molar-refractivity contribution in [1.29, 1.82) is 0 Å². The number of halogens is 1. The van der Waals surface area contributed by atoms with Gasteiger partial charge in [0.2, 0.25) is 0 Å². The molecule has 8 nitrogen and oxygen atoms in total. The number of likely N-dealkylation sites (N-methyl/N-ethyl adjacent to an activating group) is 1. The molecule has 1 aromatic heterocycles. The molecule has 7 atom stereocenters. The summed E-state index contributed by atoms with van der Waals surface area (Å²) < 4.78 is 11.7. The Balaban J connectivity index is 0.861. The fraction of sp³-hybridized carbons (Fsp3) is 0.667. The number of allylic oxidation sites excluding steroid dienone is 1. The number of ether oxygens (including phenoxy) is 2. The van der Waals surface area contributed by atoms with Gasteiger partial charge in [-0.05, 0) is 138 Å². The molecule has 1 heterocycles. The van der Waals surface area contributed by atoms with Gasteiger partial charge in [0.1, 0.15) is 12.7 Å². The van der Waals surface area contributed by atoms with Crippen molar-refractivity contribution in [3.63, 3.8) is 0 Å². The summed E-state index contributed by atoms with van der Waals surface area (Å²) in [7, 11) is 0. The van der Waals surface area contributed by atoms with Gasteiger partial charge in [0.25, 0.3) is 0 Å². The normalized spacial score (nSPS) is 29.1. The highest BCUT2D eigenvalue weighted by Crippen LogP contribution is 2.65. The third kappa shape index (κ3) is 8.48. The Hall–Kier alpha value is -2.97. The lowest BCUT2D eigenvalue weighted by Crippen LogP contribution is -2.51. The van der Waals surface area contributed by atoms with Crippen LogP contribution < -0.4 is 5.32 Å². The van der Waals surface area contributed by atoms with E-state index in [0.717, 1.165) is 87.5 Å². The fourth-order valence-electron chi connectivity index (χ4n) is 10.3. The second-order valence-corrected chi connectivity index (χ2v) is 16.7. The number of aromatic nitrogens is 1. The van der Waals surface area contributed by atoms with Crippen molar-refractivity contribution in [2.24, 2.45) is 28.6 Å². The summed E-state index contributed by atoms with van der Waals surface area (Å²) in [5, 5.41) is 5.37. The van der Waals surface area contributed by atoms with E-state index in [0.29, 0.717) is 60.6 Å². The van der Waals surface area contributed by atoms with Crippen LogP contribution in [0.2, 0.25) is 5.02 Å². The van der Waals surface area contributed by atoms with Crippen molar-refractivity contribution in [2.45, 2.75) is 123 Å². The predicted octanol–water partition coefficient (Wildman–Crippen LogP) is 8.95. The number of esters is 2. The number of fused-ring (bicyclic) bond motifs is 6. The zero-order valence-corrected chi connectivity index (χ0v) is 31.9. The molecule has 0 amide bonds. The Morgan fingerprint density at radius 2 is 1.84 bits per heavy atom. The van der Waals surface area contributed by atoms with E-state index in [4.69, 9.17) is 21.1 Å². The monoisotopic (exact) mass is 719 g/mol. The molecule has 278 valence electrons. The molecular weight excluding hydrogens is 662 g/mol. The first-order valence-corrected chi connectivity index (χ1v) is 20.0. The van der Waals surface area contributed by atoms with Gasteiger partial charge < -0.3 is 19.7 Å². The average Bonchev–Trinajstić information content (AvgIpc) is 3.43. The summed E-state index contributed by atoms with van der Waals surface area (Å²) >= 11 is 6.14. The SMILES string of the molecule is CCN(CCCC(C)Nc1ccnc2cc(Cl)ccc12)CCOC(=O)CCCC(=O)O[C@H]1CCC2C3CCC4=CC(=O)CC[C@]4(C)C3CC[C@@]21C. The predicted molar refractivity (Wildman–Crippen MR) is 203 cm³/mol. The summed E-state index contributed by atoms with van der Waals surface area (Å²) in [5.74, 6) is 1.69. The lowest BCUT2D eigenvalue weighted by molar-refractivity contribution is -0.160. The number of benzene rings is 1. The lowest BCUT2D eigenvalue weighted by Gasteiger charge is -2.57. The van der Waals surface area contributed by atoms with Crippen LogP contribution in [0, 0.1) is 28.6 Å². The standard InChI is InChI=1S/C42H58ClN3O5/c1-5-46(23-7-8-28(2)45-36-19-22-44-37-27-30(43)12-14-33(36)37)24-25-50-39(48)9-6-10-40(49)51-38-16-15-34-32-13-11-29-26-31(47)17-20-41(29,3)35(32)18-21-42(34,38)4/h12,14,19,22,26-28,32,34-35,38H,5-11,13,15-18,20-21,23-25H2,1-4H3,(H,44,45)/t28?,32?,34?,35?,38-,41-,42-/m0/s1. The van der Waals surface area contributed by atoms with E-state index in [-0.39, 0.29) is 41.7 Å². The first-order chi connectivity index (χ1) is 24.5. The van der Waals surface area contributed by atoms with Crippen LogP contribution in [0.1, 0.15) is 111 Å². The smallest absolute Gasteiger partial charge is 0.306 e. The molecule has 4 aliphatic carbocycles. The Labute approximate surface area is 309 Å². The van der Waals surface area contributed by atoms with Gasteiger partial charge in [-0.3, -0.25) is 19.4 Å². The van der Waals surface area contributed by atoms with E-state index in [9.17, 15) is 14.4 Å². The van der Waals surface area contributed by atoms with Crippen molar-refractivity contribution in [1.82, 2.24) is 9.88 Å². The van der Waals surface area contributed by atoms with Crippen molar-refractivity contribution in [3.8, 4) is 0 Å². The number of hydrogen-bond donors (Lipinski definition) is 1. The van der Waals surface area contributed by atoms with Crippen LogP contribution in [-0.2, 0) is 23.9 Å². The third-order valence-electron chi connectivity index (χ3n) is 13.2. The van der Waals surface area contributed by atoms with E-state index in [2.05, 4.69) is 42.9 Å². The number of carbonyl (C=O) groups excluding carboxylic acids is 3. The van der Waals surface area contributed by atoms with Crippen LogP contribution in [0.4, 0.5) is 5.69 Å². The van der Waals surface area contributed by atoms with Gasteiger partial charge in [-0.2, -0.15) is 0 Å². The molecule has 0 bridgehead atoms. The molecule has 4 aliphatic rings. The van der Waals surface area contributed by atoms with Crippen LogP contribution >= 0.6 is 11.6 Å². The molecule has 2 aromatic rings. The number of rotatable bonds is 15. The van der Waals surface area contributed by atoms with Gasteiger partial charge in [0, 0.05) is 59.6 Å². The van der Waals surface area contributed by atoms with E-state index in [1.807, 2.05) is 30.3 Å². The molecule has 0 radical (unpaired) electrons. The zero-order valence-electron chi connectivity index (χ0n) is 31.2. The molecule has 9 heteroatoms. The number of nitrogens with zero attached hydrogens (tertiary/aromatic N) is 2. The summed E-state index contributed by atoms with van der Waals surface area (Å²) in [6.07, 6.45) is 14.8. The zero-order chi connectivity index (χ0) is 36.2. The maximum Gasteiger partial charge on any atom is 0.306 e. The molecule has 1 aromatic carbocycles. The van der Waals surface area contributed by atoms with Gasteiger partial charge in [0.15, 0.2) is 5.78 Å². The highest BCUT2D eigenvalue weighted by atomic mass is 35.5. The van der Waals surface area contributed by atoms with Gasteiger partial charge in [-0.25, -0.2) is 0 Å². The molecule has 51 heavy (non-hydrogen) atoms. The van der Waals surface area contributed by atoms with Crippen LogP contribution in [0.25, 0.3) is 10.9 Å². The van der Waals surface area contributed by atoms with E-state index < -0.39 is 0 Å². The number of anilines is 1. The minimum absolute atomic E-state index is 0.0151. The number of nitrogens with one attached hydrogen (secondary N) is 1. The second-order valence-electron chi connectivity index (χ2n) is 16.3. The van der Waals surface area contributed by atoms with Crippen LogP contribution in [0.3, 0.4) is 0 Å². The molecule has 4 unspecified atom stereocenters. The van der Waals surface area contributed by atoms with Gasteiger partial charge in [-0.15, -0.1) is 0 Å². The Bertz CT molecular complexity index is 1610. The summed E-state index contributed by atoms with van der Waals surface area (Å²) in [6.45, 7) is 12.0. The molecule has 3 fully saturated rings. The van der Waals surface area contributed by atoms with Crippen molar-refractivity contribution >= 4 is 45.9 Å². The minimum atomic E-state index is -0.252. The molecule has 3 saturated carbocycles. The molecule has 1 N–H and O–H groups in total. The molecule has 0 saturated heterocycles. The van der Waals surface area contributed by atoms with Crippen molar-refractivity contribution in [2.75, 3.05) is 31.6 Å². The van der Waals surface area contributed by atoms with Gasteiger partial charge in [0.05, 0.1) is 5.52 Å². The Kier molecular flexibility index (Phi) is 12.1. The highest BCUT2D eigenvalue weighted by molar-refractivity contribution is 6.31. The van der Waals surface area contributed by atoms with Crippen molar-refractivity contribution in [3.05, 3.63) is 47.1 Å². The topological polar surface area (TPSA) is 97.8 Å². The largest absolute Gasteiger partial charge is 0.464 e. The average molecular weight is 720 g/mol. The van der Waals surface area contributed by atoms with Gasteiger partial charge >= 0.3 is 11.9 Å². The minimum Gasteiger partial charge on any atom is -0.464 e. The summed E-state index contributed by atoms with van der Waals surface area (Å²) in [6, 6.07) is 8.08. The second kappa shape index (κ2) is 16.4. The maximum atomic E-state index is 13.0. The lowest BCUT2D eigenvalue weighted by atomic mass is 9.47. The first-order valence-electron chi connectivity index (χ1n) is 19.6. The summed E-state index contributed by atoms with van der Waals surface area (Å²) in [4.78, 5) is 44.4. The maximum absolute atomic E-state index is 13.0. The third-order valence-corrected chi connectivity index (χ3v) is 13.5. The van der Waals surface area contributed by atoms with E-state index in [1.54, 1.807) is 6.20 Å². The van der Waals surface area contributed by atoms with Crippen LogP contribution in [0.5, 0.6) is 0 Å². The first kappa shape index (κ1) is 37.8. The molecule has 0 spiro atoms. The number of pyridine rings is 1. The van der Waals surface area contributed by atoms with Gasteiger partial charge in [-0.1, -0.05) is 37.9 Å². The van der Waals surface area contributed by atoms with Crippen LogP contribution in [-0.4, -0.2) is 66.0 Å². The fourth-order valence-corrected chi connectivity index (χ4v) is 10.5. The quantitative estimate of drug-likeness (QED) is 0.182. The molecular formula is C42H58ClN3O5.